The highest BCUT2D eigenvalue weighted by Crippen LogP contribution is 2.14. The molecule has 1 heterocycles. The van der Waals surface area contributed by atoms with Crippen LogP contribution in [0.3, 0.4) is 0 Å². The van der Waals surface area contributed by atoms with Gasteiger partial charge in [-0.25, -0.2) is 0 Å². The summed E-state index contributed by atoms with van der Waals surface area (Å²) < 4.78 is 10.8. The number of furan rings is 1. The third kappa shape index (κ3) is 3.61. The number of hydrogen-bond acceptors (Lipinski definition) is 2. The second kappa shape index (κ2) is 5.49. The molecule has 0 bridgehead atoms. The van der Waals surface area contributed by atoms with E-state index < -0.39 is 8.07 Å². The van der Waals surface area contributed by atoms with Crippen molar-refractivity contribution in [2.75, 3.05) is 7.11 Å². The summed E-state index contributed by atoms with van der Waals surface area (Å²) in [6.07, 6.45) is 5.99. The Morgan fingerprint density at radius 2 is 1.63 bits per heavy atom. The van der Waals surface area contributed by atoms with Crippen LogP contribution in [0.25, 0.3) is 12.2 Å². The average molecular weight is 272 g/mol. The molecular weight excluding hydrogens is 252 g/mol. The predicted octanol–water partition coefficient (Wildman–Crippen LogP) is 4.00. The molecule has 2 aromatic rings. The molecule has 1 aromatic carbocycles. The van der Waals surface area contributed by atoms with Crippen LogP contribution in [-0.2, 0) is 0 Å². The number of hydrogen-bond donors (Lipinski definition) is 0. The van der Waals surface area contributed by atoms with E-state index in [-0.39, 0.29) is 0 Å². The normalized spacial score (nSPS) is 12.0. The summed E-state index contributed by atoms with van der Waals surface area (Å²) in [6.45, 7) is 6.84. The summed E-state index contributed by atoms with van der Waals surface area (Å²) in [5.74, 6) is 0.876. The maximum Gasteiger partial charge on any atom is 0.123 e. The zero-order chi connectivity index (χ0) is 13.9. The van der Waals surface area contributed by atoms with Crippen LogP contribution in [0.1, 0.15) is 11.1 Å². The van der Waals surface area contributed by atoms with Crippen LogP contribution in [0.15, 0.2) is 41.0 Å². The summed E-state index contributed by atoms with van der Waals surface area (Å²) in [5.41, 5.74) is 2.27. The number of rotatable bonds is 4. The maximum atomic E-state index is 5.64. The minimum absolute atomic E-state index is 0.876. The third-order valence-electron chi connectivity index (χ3n) is 2.94. The maximum absolute atomic E-state index is 5.64. The molecule has 2 nitrogen and oxygen atoms in total. The summed E-state index contributed by atoms with van der Waals surface area (Å²) in [5, 5.41) is 1.14. The van der Waals surface area contributed by atoms with Crippen molar-refractivity contribution in [1.29, 1.82) is 0 Å². The van der Waals surface area contributed by atoms with E-state index in [2.05, 4.69) is 37.9 Å². The van der Waals surface area contributed by atoms with Gasteiger partial charge in [-0.3, -0.25) is 0 Å². The van der Waals surface area contributed by atoms with Crippen molar-refractivity contribution in [3.63, 3.8) is 0 Å². The van der Waals surface area contributed by atoms with Crippen molar-refractivity contribution < 1.29 is 9.15 Å². The molecule has 0 unspecified atom stereocenters. The number of methoxy groups -OCH3 is 1. The fourth-order valence-corrected chi connectivity index (χ4v) is 2.75. The molecule has 0 N–H and O–H groups in total. The van der Waals surface area contributed by atoms with Crippen LogP contribution >= 0.6 is 0 Å². The molecule has 0 fully saturated rings. The third-order valence-corrected chi connectivity index (χ3v) is 4.68. The Morgan fingerprint density at radius 3 is 2.16 bits per heavy atom. The van der Waals surface area contributed by atoms with Crippen molar-refractivity contribution in [1.82, 2.24) is 0 Å². The van der Waals surface area contributed by atoms with Gasteiger partial charge in [0.15, 0.2) is 0 Å². The Hall–Kier alpha value is -1.74. The summed E-state index contributed by atoms with van der Waals surface area (Å²) in [4.78, 5) is 0. The quantitative estimate of drug-likeness (QED) is 0.785. The molecule has 1 aromatic heterocycles. The van der Waals surface area contributed by atoms with Crippen LogP contribution < -0.4 is 10.1 Å². The topological polar surface area (TPSA) is 22.4 Å². The summed E-state index contributed by atoms with van der Waals surface area (Å²) in [6, 6.07) is 10.1. The molecule has 0 saturated heterocycles. The van der Waals surface area contributed by atoms with Crippen molar-refractivity contribution in [3.8, 4) is 5.75 Å². The van der Waals surface area contributed by atoms with E-state index >= 15 is 0 Å². The molecule has 0 spiro atoms. The second-order valence-corrected chi connectivity index (χ2v) is 10.6. The molecule has 0 aliphatic rings. The van der Waals surface area contributed by atoms with Gasteiger partial charge < -0.3 is 9.15 Å². The van der Waals surface area contributed by atoms with Gasteiger partial charge in [-0.05, 0) is 23.8 Å². The number of benzene rings is 1. The Bertz CT molecular complexity index is 559. The Morgan fingerprint density at radius 1 is 1.00 bits per heavy atom. The van der Waals surface area contributed by atoms with Gasteiger partial charge in [0.05, 0.1) is 18.8 Å². The lowest BCUT2D eigenvalue weighted by Gasteiger charge is -2.10. The molecule has 2 rings (SSSR count). The Kier molecular flexibility index (Phi) is 3.95. The highest BCUT2D eigenvalue weighted by Gasteiger charge is 2.20. The van der Waals surface area contributed by atoms with E-state index in [1.165, 1.54) is 0 Å². The van der Waals surface area contributed by atoms with Crippen molar-refractivity contribution in [3.05, 3.63) is 47.7 Å². The first-order chi connectivity index (χ1) is 8.99. The molecular formula is C16H20O2Si. The van der Waals surface area contributed by atoms with Gasteiger partial charge in [-0.2, -0.15) is 0 Å². The molecule has 0 amide bonds. The highest BCUT2D eigenvalue weighted by molar-refractivity contribution is 6.87. The lowest BCUT2D eigenvalue weighted by atomic mass is 10.2. The van der Waals surface area contributed by atoms with E-state index in [9.17, 15) is 0 Å². The smallest absolute Gasteiger partial charge is 0.123 e. The van der Waals surface area contributed by atoms with Gasteiger partial charge in [-0.1, -0.05) is 43.9 Å². The van der Waals surface area contributed by atoms with Gasteiger partial charge in [0, 0.05) is 5.56 Å². The van der Waals surface area contributed by atoms with Gasteiger partial charge >= 0.3 is 0 Å². The SMILES string of the molecule is COc1ccc(/C=C/c2coc([Si](C)(C)C)c2)cc1. The fraction of sp³-hybridized carbons (Fsp3) is 0.250. The number of ether oxygens (including phenoxy) is 1. The first-order valence-electron chi connectivity index (χ1n) is 6.40. The van der Waals surface area contributed by atoms with E-state index in [0.717, 1.165) is 22.3 Å². The molecule has 0 aliphatic carbocycles. The van der Waals surface area contributed by atoms with Crippen LogP contribution in [-0.4, -0.2) is 15.2 Å². The van der Waals surface area contributed by atoms with Gasteiger partial charge in [0.2, 0.25) is 0 Å². The standard InChI is InChI=1S/C16H20O2Si/c1-17-15-9-7-13(8-10-15)5-6-14-11-16(18-12-14)19(2,3)4/h5-12H,1-4H3/b6-5+. The van der Waals surface area contributed by atoms with Crippen LogP contribution in [0.4, 0.5) is 0 Å². The lowest BCUT2D eigenvalue weighted by Crippen LogP contribution is -2.36. The largest absolute Gasteiger partial charge is 0.497 e. The van der Waals surface area contributed by atoms with E-state index in [4.69, 9.17) is 9.15 Å². The fourth-order valence-electron chi connectivity index (χ4n) is 1.74. The Labute approximate surface area is 115 Å². The first-order valence-corrected chi connectivity index (χ1v) is 9.90. The molecule has 100 valence electrons. The van der Waals surface area contributed by atoms with Crippen molar-refractivity contribution >= 4 is 25.6 Å². The minimum atomic E-state index is -1.35. The van der Waals surface area contributed by atoms with Crippen molar-refractivity contribution in [2.24, 2.45) is 0 Å². The second-order valence-electron chi connectivity index (χ2n) is 5.60. The van der Waals surface area contributed by atoms with Crippen LogP contribution in [0, 0.1) is 0 Å². The van der Waals surface area contributed by atoms with Crippen LogP contribution in [0.5, 0.6) is 5.75 Å². The monoisotopic (exact) mass is 272 g/mol. The van der Waals surface area contributed by atoms with Gasteiger partial charge in [-0.15, -0.1) is 0 Å². The first kappa shape index (κ1) is 13.7. The van der Waals surface area contributed by atoms with Gasteiger partial charge in [0.1, 0.15) is 13.8 Å². The van der Waals surface area contributed by atoms with Crippen molar-refractivity contribution in [2.45, 2.75) is 19.6 Å². The molecule has 0 atom stereocenters. The van der Waals surface area contributed by atoms with Crippen LogP contribution in [0.2, 0.25) is 19.6 Å². The molecule has 3 heteroatoms. The summed E-state index contributed by atoms with van der Waals surface area (Å²) >= 11 is 0. The van der Waals surface area contributed by atoms with Gasteiger partial charge in [0.25, 0.3) is 0 Å². The average Bonchev–Trinajstić information content (AvgIpc) is 2.86. The lowest BCUT2D eigenvalue weighted by molar-refractivity contribution is 0.415. The van der Waals surface area contributed by atoms with E-state index in [1.54, 1.807) is 7.11 Å². The molecule has 0 saturated carbocycles. The molecule has 0 aliphatic heterocycles. The minimum Gasteiger partial charge on any atom is -0.497 e. The summed E-state index contributed by atoms with van der Waals surface area (Å²) in [7, 11) is 0.325. The predicted molar refractivity (Wildman–Crippen MR) is 83.6 cm³/mol. The highest BCUT2D eigenvalue weighted by atomic mass is 28.3. The zero-order valence-electron chi connectivity index (χ0n) is 11.9. The Balaban J connectivity index is 2.11. The molecule has 0 radical (unpaired) electrons. The van der Waals surface area contributed by atoms with E-state index in [1.807, 2.05) is 30.5 Å². The van der Waals surface area contributed by atoms with E-state index in [0.29, 0.717) is 0 Å². The molecule has 19 heavy (non-hydrogen) atoms. The zero-order valence-corrected chi connectivity index (χ0v) is 12.9.